The lowest BCUT2D eigenvalue weighted by Crippen LogP contribution is -2.32. The van der Waals surface area contributed by atoms with Crippen LogP contribution in [0.25, 0.3) is 0 Å². The van der Waals surface area contributed by atoms with Crippen molar-refractivity contribution in [2.75, 3.05) is 0 Å². The van der Waals surface area contributed by atoms with Gasteiger partial charge in [0.1, 0.15) is 5.82 Å². The fourth-order valence-corrected chi connectivity index (χ4v) is 1.16. The van der Waals surface area contributed by atoms with Gasteiger partial charge in [-0.15, -0.1) is 0 Å². The third-order valence-corrected chi connectivity index (χ3v) is 1.83. The van der Waals surface area contributed by atoms with Gasteiger partial charge in [-0.05, 0) is 18.5 Å². The predicted molar refractivity (Wildman–Crippen MR) is 36.9 cm³/mol. The summed E-state index contributed by atoms with van der Waals surface area (Å²) >= 11 is 0. The Balaban J connectivity index is 2.57. The van der Waals surface area contributed by atoms with Gasteiger partial charge in [0, 0.05) is 0 Å². The van der Waals surface area contributed by atoms with Crippen molar-refractivity contribution in [1.82, 2.24) is 0 Å². The standard InChI is InChI=1S/C7H6BF/c9-6-1-2-7-5(3-6)4-8-7/h1-3,8H,4H2. The van der Waals surface area contributed by atoms with Crippen LogP contribution in [0.4, 0.5) is 4.39 Å². The number of hydrogen-bond acceptors (Lipinski definition) is 0. The Labute approximate surface area is 53.9 Å². The maximum absolute atomic E-state index is 12.4. The van der Waals surface area contributed by atoms with E-state index in [9.17, 15) is 4.39 Å². The molecule has 1 aromatic carbocycles. The van der Waals surface area contributed by atoms with Gasteiger partial charge in [-0.3, -0.25) is 0 Å². The molecule has 1 aromatic rings. The molecule has 0 bridgehead atoms. The fourth-order valence-electron chi connectivity index (χ4n) is 1.16. The van der Waals surface area contributed by atoms with Gasteiger partial charge in [0.05, 0.1) is 0 Å². The van der Waals surface area contributed by atoms with Crippen molar-refractivity contribution < 1.29 is 4.39 Å². The van der Waals surface area contributed by atoms with Crippen LogP contribution >= 0.6 is 0 Å². The van der Waals surface area contributed by atoms with Crippen LogP contribution in [0.15, 0.2) is 18.2 Å². The van der Waals surface area contributed by atoms with Gasteiger partial charge in [-0.2, -0.15) is 0 Å². The minimum Gasteiger partial charge on any atom is -0.207 e. The van der Waals surface area contributed by atoms with Gasteiger partial charge in [0.25, 0.3) is 0 Å². The van der Waals surface area contributed by atoms with Crippen molar-refractivity contribution in [2.24, 2.45) is 0 Å². The summed E-state index contributed by atoms with van der Waals surface area (Å²) in [7, 11) is 1.13. The van der Waals surface area contributed by atoms with E-state index in [4.69, 9.17) is 0 Å². The highest BCUT2D eigenvalue weighted by atomic mass is 19.1. The van der Waals surface area contributed by atoms with Gasteiger partial charge in [-0.25, -0.2) is 4.39 Å². The molecule has 0 aromatic heterocycles. The Bertz CT molecular complexity index is 245. The Hall–Kier alpha value is -0.785. The quantitative estimate of drug-likeness (QED) is 0.434. The van der Waals surface area contributed by atoms with E-state index in [1.54, 1.807) is 6.07 Å². The topological polar surface area (TPSA) is 0 Å². The zero-order valence-corrected chi connectivity index (χ0v) is 5.02. The molecule has 0 atom stereocenters. The van der Waals surface area contributed by atoms with E-state index in [1.165, 1.54) is 17.1 Å². The van der Waals surface area contributed by atoms with E-state index in [2.05, 4.69) is 0 Å². The van der Waals surface area contributed by atoms with Crippen LogP contribution < -0.4 is 5.46 Å². The normalized spacial score (nSPS) is 13.4. The third-order valence-electron chi connectivity index (χ3n) is 1.83. The van der Waals surface area contributed by atoms with Gasteiger partial charge < -0.3 is 0 Å². The first-order valence-electron chi connectivity index (χ1n) is 3.13. The van der Waals surface area contributed by atoms with E-state index in [0.717, 1.165) is 13.6 Å². The predicted octanol–water partition coefficient (Wildman–Crippen LogP) is 0.401. The second-order valence-corrected chi connectivity index (χ2v) is 2.41. The lowest BCUT2D eigenvalue weighted by atomic mass is 9.53. The molecule has 1 aliphatic rings. The summed E-state index contributed by atoms with van der Waals surface area (Å²) in [6, 6.07) is 5.02. The van der Waals surface area contributed by atoms with Crippen LogP contribution in [0, 0.1) is 5.82 Å². The average molecular weight is 120 g/mol. The second kappa shape index (κ2) is 1.60. The average Bonchev–Trinajstić information content (AvgIpc) is 1.78. The van der Waals surface area contributed by atoms with Crippen molar-refractivity contribution in [1.29, 1.82) is 0 Å². The van der Waals surface area contributed by atoms with Crippen molar-refractivity contribution in [3.63, 3.8) is 0 Å². The van der Waals surface area contributed by atoms with Crippen LogP contribution in [0.1, 0.15) is 5.56 Å². The number of rotatable bonds is 0. The van der Waals surface area contributed by atoms with Crippen LogP contribution in [0.2, 0.25) is 0 Å². The van der Waals surface area contributed by atoms with Crippen molar-refractivity contribution in [2.45, 2.75) is 6.32 Å². The molecule has 1 aliphatic heterocycles. The van der Waals surface area contributed by atoms with Gasteiger partial charge in [0.2, 0.25) is 0 Å². The zero-order valence-electron chi connectivity index (χ0n) is 5.02. The molecule has 0 unspecified atom stereocenters. The summed E-state index contributed by atoms with van der Waals surface area (Å²) in [5, 5.41) is 0. The van der Waals surface area contributed by atoms with Gasteiger partial charge in [-0.1, -0.05) is 17.1 Å². The molecule has 2 rings (SSSR count). The summed E-state index contributed by atoms with van der Waals surface area (Å²) < 4.78 is 12.4. The van der Waals surface area contributed by atoms with Gasteiger partial charge in [0.15, 0.2) is 7.28 Å². The van der Waals surface area contributed by atoms with Crippen molar-refractivity contribution in [3.8, 4) is 0 Å². The van der Waals surface area contributed by atoms with Crippen LogP contribution in [0.5, 0.6) is 0 Å². The van der Waals surface area contributed by atoms with E-state index < -0.39 is 0 Å². The SMILES string of the molecule is Fc1ccc2c(c1)CB2. The summed E-state index contributed by atoms with van der Waals surface area (Å²) in [4.78, 5) is 0. The Kier molecular flexibility index (Phi) is 0.893. The number of fused-ring (bicyclic) bond motifs is 1. The Morgan fingerprint density at radius 1 is 1.44 bits per heavy atom. The van der Waals surface area contributed by atoms with Crippen molar-refractivity contribution >= 4 is 12.7 Å². The first kappa shape index (κ1) is 5.04. The second-order valence-electron chi connectivity index (χ2n) is 2.41. The molecule has 0 saturated heterocycles. The lowest BCUT2D eigenvalue weighted by molar-refractivity contribution is 0.626. The molecule has 1 heterocycles. The van der Waals surface area contributed by atoms with E-state index >= 15 is 0 Å². The maximum atomic E-state index is 12.4. The minimum absolute atomic E-state index is 0.103. The minimum atomic E-state index is -0.103. The summed E-state index contributed by atoms with van der Waals surface area (Å²) in [5.74, 6) is -0.103. The molecule has 0 nitrogen and oxygen atoms in total. The highest BCUT2D eigenvalue weighted by Gasteiger charge is 2.13. The first-order chi connectivity index (χ1) is 4.36. The van der Waals surface area contributed by atoms with Crippen molar-refractivity contribution in [3.05, 3.63) is 29.6 Å². The van der Waals surface area contributed by atoms with E-state index in [-0.39, 0.29) is 5.82 Å². The summed E-state index contributed by atoms with van der Waals surface area (Å²) in [6.45, 7) is 0. The number of halogens is 1. The van der Waals surface area contributed by atoms with Crippen LogP contribution in [0.3, 0.4) is 0 Å². The summed E-state index contributed by atoms with van der Waals surface area (Å²) in [6.07, 6.45) is 1.06. The summed E-state index contributed by atoms with van der Waals surface area (Å²) in [5.41, 5.74) is 2.51. The molecule has 0 spiro atoms. The Morgan fingerprint density at radius 3 is 2.78 bits per heavy atom. The molecule has 0 aliphatic carbocycles. The molecular weight excluding hydrogens is 114 g/mol. The molecule has 0 amide bonds. The molecule has 9 heavy (non-hydrogen) atoms. The fraction of sp³-hybridized carbons (Fsp3) is 0.143. The van der Waals surface area contributed by atoms with Crippen LogP contribution in [-0.4, -0.2) is 7.28 Å². The lowest BCUT2D eigenvalue weighted by Gasteiger charge is -2.15. The molecule has 0 radical (unpaired) electrons. The maximum Gasteiger partial charge on any atom is 0.162 e. The molecule has 0 saturated carbocycles. The number of hydrogen-bond donors (Lipinski definition) is 0. The van der Waals surface area contributed by atoms with Gasteiger partial charge >= 0.3 is 0 Å². The molecular formula is C7H6BF. The Morgan fingerprint density at radius 2 is 2.33 bits per heavy atom. The molecule has 2 heteroatoms. The highest BCUT2D eigenvalue weighted by molar-refractivity contribution is 6.58. The smallest absolute Gasteiger partial charge is 0.162 e. The monoisotopic (exact) mass is 120 g/mol. The third kappa shape index (κ3) is 0.662. The number of benzene rings is 1. The molecule has 44 valence electrons. The van der Waals surface area contributed by atoms with E-state index in [0.29, 0.717) is 0 Å². The highest BCUT2D eigenvalue weighted by Crippen LogP contribution is 2.07. The van der Waals surface area contributed by atoms with Crippen LogP contribution in [-0.2, 0) is 6.32 Å². The van der Waals surface area contributed by atoms with E-state index in [1.807, 2.05) is 6.07 Å². The first-order valence-corrected chi connectivity index (χ1v) is 3.13. The molecule has 0 N–H and O–H groups in total. The molecule has 0 fully saturated rings. The zero-order chi connectivity index (χ0) is 6.27. The largest absolute Gasteiger partial charge is 0.207 e.